The maximum Gasteiger partial charge on any atom is 0.136 e. The minimum Gasteiger partial charge on any atom is -0.456 e. The number of furan rings is 2. The second kappa shape index (κ2) is 7.34. The van der Waals surface area contributed by atoms with Crippen LogP contribution in [-0.2, 0) is 0 Å². The Kier molecular flexibility index (Phi) is 3.97. The van der Waals surface area contributed by atoms with Gasteiger partial charge in [0.15, 0.2) is 0 Å². The van der Waals surface area contributed by atoms with Gasteiger partial charge in [-0.2, -0.15) is 0 Å². The van der Waals surface area contributed by atoms with Crippen molar-refractivity contribution >= 4 is 54.3 Å². The molecule has 8 rings (SSSR count). The average molecular weight is 461 g/mol. The fraction of sp³-hybridized carbons (Fsp3) is 0. The van der Waals surface area contributed by atoms with Crippen LogP contribution in [0.1, 0.15) is 0 Å². The van der Waals surface area contributed by atoms with Gasteiger partial charge in [0.25, 0.3) is 0 Å². The number of rotatable bonds is 2. The number of hydrogen-bond donors (Lipinski definition) is 0. The number of hydrogen-bond acceptors (Lipinski definition) is 2. The van der Waals surface area contributed by atoms with Gasteiger partial charge >= 0.3 is 0 Å². The molecule has 2 heterocycles. The first-order valence-electron chi connectivity index (χ1n) is 12.2. The molecule has 2 heteroatoms. The molecule has 8 aromatic rings. The molecular weight excluding hydrogens is 440 g/mol. The SMILES string of the molecule is c1ccc2oc(-c3c4ccccc4c(-c4cc5ccccc5o4)c4c3ccc3ccccc34)cc2c1. The molecule has 36 heavy (non-hydrogen) atoms. The smallest absolute Gasteiger partial charge is 0.136 e. The lowest BCUT2D eigenvalue weighted by Gasteiger charge is -2.16. The highest BCUT2D eigenvalue weighted by atomic mass is 16.3. The van der Waals surface area contributed by atoms with Gasteiger partial charge in [0, 0.05) is 27.3 Å². The molecule has 0 saturated carbocycles. The fourth-order valence-electron chi connectivity index (χ4n) is 5.68. The zero-order valence-electron chi connectivity index (χ0n) is 19.4. The molecule has 0 aliphatic heterocycles. The molecule has 0 atom stereocenters. The van der Waals surface area contributed by atoms with E-state index in [4.69, 9.17) is 8.83 Å². The molecule has 0 radical (unpaired) electrons. The second-order valence-electron chi connectivity index (χ2n) is 9.30. The summed E-state index contributed by atoms with van der Waals surface area (Å²) in [6, 6.07) is 42.4. The van der Waals surface area contributed by atoms with Crippen molar-refractivity contribution in [3.05, 3.63) is 121 Å². The summed E-state index contributed by atoms with van der Waals surface area (Å²) >= 11 is 0. The highest BCUT2D eigenvalue weighted by Crippen LogP contribution is 2.47. The van der Waals surface area contributed by atoms with Crippen LogP contribution in [0.25, 0.3) is 76.9 Å². The zero-order chi connectivity index (χ0) is 23.6. The Bertz CT molecular complexity index is 2040. The number of para-hydroxylation sites is 2. The van der Waals surface area contributed by atoms with Gasteiger partial charge in [-0.25, -0.2) is 0 Å². The summed E-state index contributed by atoms with van der Waals surface area (Å²) < 4.78 is 12.9. The third kappa shape index (κ3) is 2.73. The summed E-state index contributed by atoms with van der Waals surface area (Å²) in [6.07, 6.45) is 0. The Hall–Kier alpha value is -4.82. The van der Waals surface area contributed by atoms with E-state index >= 15 is 0 Å². The maximum atomic E-state index is 6.49. The van der Waals surface area contributed by atoms with Gasteiger partial charge in [0.05, 0.1) is 0 Å². The van der Waals surface area contributed by atoms with Crippen molar-refractivity contribution < 1.29 is 8.83 Å². The maximum absolute atomic E-state index is 6.49. The van der Waals surface area contributed by atoms with Gasteiger partial charge in [0.2, 0.25) is 0 Å². The van der Waals surface area contributed by atoms with E-state index < -0.39 is 0 Å². The van der Waals surface area contributed by atoms with E-state index in [9.17, 15) is 0 Å². The van der Waals surface area contributed by atoms with Crippen molar-refractivity contribution in [2.75, 3.05) is 0 Å². The quantitative estimate of drug-likeness (QED) is 0.189. The summed E-state index contributed by atoms with van der Waals surface area (Å²) in [5.41, 5.74) is 4.02. The van der Waals surface area contributed by atoms with Crippen molar-refractivity contribution in [1.82, 2.24) is 0 Å². The zero-order valence-corrected chi connectivity index (χ0v) is 19.4. The second-order valence-corrected chi connectivity index (χ2v) is 9.30. The van der Waals surface area contributed by atoms with Gasteiger partial charge in [-0.1, -0.05) is 97.1 Å². The monoisotopic (exact) mass is 460 g/mol. The van der Waals surface area contributed by atoms with Crippen LogP contribution >= 0.6 is 0 Å². The van der Waals surface area contributed by atoms with E-state index in [1.165, 1.54) is 16.2 Å². The predicted octanol–water partition coefficient (Wildman–Crippen LogP) is 9.97. The molecule has 0 unspecified atom stereocenters. The van der Waals surface area contributed by atoms with Crippen LogP contribution in [0.2, 0.25) is 0 Å². The van der Waals surface area contributed by atoms with Gasteiger partial charge in [0.1, 0.15) is 22.7 Å². The predicted molar refractivity (Wildman–Crippen MR) is 149 cm³/mol. The van der Waals surface area contributed by atoms with E-state index in [2.05, 4.69) is 97.1 Å². The van der Waals surface area contributed by atoms with Crippen molar-refractivity contribution in [3.63, 3.8) is 0 Å². The molecule has 0 aliphatic rings. The molecule has 2 nitrogen and oxygen atoms in total. The van der Waals surface area contributed by atoms with Crippen LogP contribution in [0.15, 0.2) is 130 Å². The van der Waals surface area contributed by atoms with Crippen molar-refractivity contribution in [2.45, 2.75) is 0 Å². The lowest BCUT2D eigenvalue weighted by atomic mass is 9.87. The Morgan fingerprint density at radius 3 is 1.50 bits per heavy atom. The molecule has 0 saturated heterocycles. The molecule has 0 N–H and O–H groups in total. The number of fused-ring (bicyclic) bond motifs is 6. The van der Waals surface area contributed by atoms with Crippen molar-refractivity contribution in [1.29, 1.82) is 0 Å². The molecule has 0 fully saturated rings. The summed E-state index contributed by atoms with van der Waals surface area (Å²) in [6.45, 7) is 0. The fourth-order valence-corrected chi connectivity index (χ4v) is 5.68. The van der Waals surface area contributed by atoms with E-state index in [0.717, 1.165) is 60.7 Å². The molecule has 0 bridgehead atoms. The van der Waals surface area contributed by atoms with Crippen LogP contribution in [0.4, 0.5) is 0 Å². The Morgan fingerprint density at radius 2 is 0.861 bits per heavy atom. The van der Waals surface area contributed by atoms with Gasteiger partial charge in [-0.3, -0.25) is 0 Å². The molecule has 6 aromatic carbocycles. The van der Waals surface area contributed by atoms with E-state index in [1.807, 2.05) is 24.3 Å². The van der Waals surface area contributed by atoms with Crippen molar-refractivity contribution in [3.8, 4) is 22.6 Å². The summed E-state index contributed by atoms with van der Waals surface area (Å²) in [5, 5.41) is 9.24. The van der Waals surface area contributed by atoms with Crippen LogP contribution in [0.3, 0.4) is 0 Å². The van der Waals surface area contributed by atoms with E-state index in [1.54, 1.807) is 0 Å². The minimum atomic E-state index is 0.879. The highest BCUT2D eigenvalue weighted by Gasteiger charge is 2.22. The van der Waals surface area contributed by atoms with E-state index in [-0.39, 0.29) is 0 Å². The van der Waals surface area contributed by atoms with Crippen LogP contribution in [0.5, 0.6) is 0 Å². The Labute approximate surface area is 207 Å². The topological polar surface area (TPSA) is 26.3 Å². The largest absolute Gasteiger partial charge is 0.456 e. The Morgan fingerprint density at radius 1 is 0.361 bits per heavy atom. The highest BCUT2D eigenvalue weighted by molar-refractivity contribution is 6.27. The first kappa shape index (κ1) is 19.5. The van der Waals surface area contributed by atoms with Crippen LogP contribution < -0.4 is 0 Å². The molecule has 168 valence electrons. The lowest BCUT2D eigenvalue weighted by Crippen LogP contribution is -1.90. The number of benzene rings is 6. The lowest BCUT2D eigenvalue weighted by molar-refractivity contribution is 0.631. The minimum absolute atomic E-state index is 0.879. The first-order valence-corrected chi connectivity index (χ1v) is 12.2. The third-order valence-electron chi connectivity index (χ3n) is 7.26. The van der Waals surface area contributed by atoms with Gasteiger partial charge in [-0.15, -0.1) is 0 Å². The van der Waals surface area contributed by atoms with Crippen LogP contribution in [-0.4, -0.2) is 0 Å². The molecule has 2 aromatic heterocycles. The molecule has 0 amide bonds. The van der Waals surface area contributed by atoms with Crippen molar-refractivity contribution in [2.24, 2.45) is 0 Å². The van der Waals surface area contributed by atoms with Gasteiger partial charge in [-0.05, 0) is 51.2 Å². The summed E-state index contributed by atoms with van der Waals surface area (Å²) in [7, 11) is 0. The van der Waals surface area contributed by atoms with E-state index in [0.29, 0.717) is 0 Å². The average Bonchev–Trinajstić information content (AvgIpc) is 3.55. The van der Waals surface area contributed by atoms with Gasteiger partial charge < -0.3 is 8.83 Å². The molecular formula is C34H20O2. The normalized spacial score (nSPS) is 11.9. The summed E-state index contributed by atoms with van der Waals surface area (Å²) in [4.78, 5) is 0. The third-order valence-corrected chi connectivity index (χ3v) is 7.26. The standard InChI is InChI=1S/C34H20O2/c1-4-12-24-21(9-1)17-18-27-32(30-19-22-10-2-7-15-28(22)35-30)25-13-5-6-14-26(25)34(33(24)27)31-20-23-11-3-8-16-29(23)36-31/h1-20H. The molecule has 0 aliphatic carbocycles. The van der Waals surface area contributed by atoms with Crippen LogP contribution in [0, 0.1) is 0 Å². The Balaban J connectivity index is 1.61. The first-order chi connectivity index (χ1) is 17.8. The summed E-state index contributed by atoms with van der Waals surface area (Å²) in [5.74, 6) is 1.76. The molecule has 0 spiro atoms.